The highest BCUT2D eigenvalue weighted by Gasteiger charge is 2.42. The Bertz CT molecular complexity index is 622. The zero-order valence-corrected chi connectivity index (χ0v) is 17.6. The van der Waals surface area contributed by atoms with Gasteiger partial charge in [0, 0.05) is 32.3 Å². The largest absolute Gasteiger partial charge is 0.497 e. The third kappa shape index (κ3) is 4.97. The Labute approximate surface area is 169 Å². The van der Waals surface area contributed by atoms with E-state index in [1.807, 2.05) is 29.2 Å². The van der Waals surface area contributed by atoms with Crippen molar-refractivity contribution in [2.45, 2.75) is 57.7 Å². The summed E-state index contributed by atoms with van der Waals surface area (Å²) >= 11 is 0. The summed E-state index contributed by atoms with van der Waals surface area (Å²) in [4.78, 5) is 17.1. The monoisotopic (exact) mass is 389 g/mol. The van der Waals surface area contributed by atoms with Gasteiger partial charge in [-0.3, -0.25) is 0 Å². The molecular formula is C22H35N3O3. The maximum absolute atomic E-state index is 12.6. The minimum atomic E-state index is -0.0434. The molecule has 28 heavy (non-hydrogen) atoms. The molecule has 156 valence electrons. The molecule has 2 fully saturated rings. The number of piperidine rings is 1. The molecule has 1 spiro atoms. The molecule has 0 radical (unpaired) electrons. The van der Waals surface area contributed by atoms with Crippen LogP contribution in [0.15, 0.2) is 24.3 Å². The lowest BCUT2D eigenvalue weighted by atomic mass is 9.82. The Morgan fingerprint density at radius 1 is 1.25 bits per heavy atom. The molecule has 2 aliphatic heterocycles. The molecule has 6 heteroatoms. The van der Waals surface area contributed by atoms with Crippen LogP contribution in [0.3, 0.4) is 0 Å². The van der Waals surface area contributed by atoms with Crippen LogP contribution in [-0.2, 0) is 11.3 Å². The van der Waals surface area contributed by atoms with Gasteiger partial charge in [0.15, 0.2) is 0 Å². The first-order valence-electron chi connectivity index (χ1n) is 10.6. The number of nitrogens with one attached hydrogen (secondary N) is 1. The predicted octanol–water partition coefficient (Wildman–Crippen LogP) is 3.26. The number of likely N-dealkylation sites (tertiary alicyclic amines) is 1. The number of benzene rings is 1. The number of nitrogens with zero attached hydrogens (tertiary/aromatic N) is 2. The Kier molecular flexibility index (Phi) is 7.18. The normalized spacial score (nSPS) is 21.7. The van der Waals surface area contributed by atoms with Gasteiger partial charge in [0.2, 0.25) is 0 Å². The van der Waals surface area contributed by atoms with Crippen molar-refractivity contribution in [2.24, 2.45) is 0 Å². The van der Waals surface area contributed by atoms with Gasteiger partial charge in [-0.25, -0.2) is 4.79 Å². The standard InChI is InChI=1S/C22H35N3O3/c1-4-24(5-2)19-10-15-28-22(16-19)11-13-25(14-12-22)21(26)23-17-18-6-8-20(27-3)9-7-18/h6-9,19H,4-5,10-17H2,1-3H3,(H,23,26). The van der Waals surface area contributed by atoms with E-state index < -0.39 is 0 Å². The zero-order valence-electron chi connectivity index (χ0n) is 17.6. The van der Waals surface area contributed by atoms with E-state index in [4.69, 9.17) is 9.47 Å². The van der Waals surface area contributed by atoms with Crippen molar-refractivity contribution in [3.8, 4) is 5.75 Å². The average molecular weight is 390 g/mol. The summed E-state index contributed by atoms with van der Waals surface area (Å²) in [7, 11) is 1.65. The van der Waals surface area contributed by atoms with E-state index in [0.717, 1.165) is 69.8 Å². The lowest BCUT2D eigenvalue weighted by Gasteiger charge is -2.48. The van der Waals surface area contributed by atoms with Gasteiger partial charge in [-0.05, 0) is 56.5 Å². The molecule has 2 heterocycles. The maximum Gasteiger partial charge on any atom is 0.317 e. The second-order valence-electron chi connectivity index (χ2n) is 7.89. The lowest BCUT2D eigenvalue weighted by Crippen LogP contribution is -2.55. The molecule has 2 amide bonds. The van der Waals surface area contributed by atoms with Gasteiger partial charge in [-0.15, -0.1) is 0 Å². The van der Waals surface area contributed by atoms with Crippen LogP contribution in [0.1, 0.15) is 45.1 Å². The first-order chi connectivity index (χ1) is 13.6. The van der Waals surface area contributed by atoms with Crippen LogP contribution >= 0.6 is 0 Å². The third-order valence-electron chi connectivity index (χ3n) is 6.36. The topological polar surface area (TPSA) is 54.0 Å². The summed E-state index contributed by atoms with van der Waals surface area (Å²) < 4.78 is 11.4. The average Bonchev–Trinajstić information content (AvgIpc) is 2.74. The molecule has 6 nitrogen and oxygen atoms in total. The second-order valence-corrected chi connectivity index (χ2v) is 7.89. The van der Waals surface area contributed by atoms with Crippen LogP contribution in [0.25, 0.3) is 0 Å². The summed E-state index contributed by atoms with van der Waals surface area (Å²) in [5, 5.41) is 3.04. The van der Waals surface area contributed by atoms with Crippen molar-refractivity contribution >= 4 is 6.03 Å². The van der Waals surface area contributed by atoms with E-state index in [1.165, 1.54) is 0 Å². The van der Waals surface area contributed by atoms with Crippen LogP contribution in [-0.4, -0.2) is 67.4 Å². The Balaban J connectivity index is 1.48. The molecule has 0 bridgehead atoms. The Morgan fingerprint density at radius 3 is 2.54 bits per heavy atom. The molecule has 2 saturated heterocycles. The number of methoxy groups -OCH3 is 1. The fourth-order valence-electron chi connectivity index (χ4n) is 4.55. The van der Waals surface area contributed by atoms with Gasteiger partial charge in [-0.2, -0.15) is 0 Å². The summed E-state index contributed by atoms with van der Waals surface area (Å²) in [6.07, 6.45) is 4.08. The number of carbonyl (C=O) groups excluding carboxylic acids is 1. The molecule has 3 rings (SSSR count). The molecule has 0 aromatic heterocycles. The van der Waals surface area contributed by atoms with Crippen LogP contribution in [0.5, 0.6) is 5.75 Å². The smallest absolute Gasteiger partial charge is 0.317 e. The Morgan fingerprint density at radius 2 is 1.93 bits per heavy atom. The van der Waals surface area contributed by atoms with E-state index in [1.54, 1.807) is 7.11 Å². The summed E-state index contributed by atoms with van der Waals surface area (Å²) in [5.74, 6) is 0.826. The molecule has 1 unspecified atom stereocenters. The van der Waals surface area contributed by atoms with Gasteiger partial charge < -0.3 is 24.6 Å². The van der Waals surface area contributed by atoms with Crippen LogP contribution in [0, 0.1) is 0 Å². The minimum absolute atomic E-state index is 0.0155. The molecular weight excluding hydrogens is 354 g/mol. The summed E-state index contributed by atoms with van der Waals surface area (Å²) in [6, 6.07) is 8.42. The molecule has 0 aliphatic carbocycles. The first kappa shape index (κ1) is 20.9. The van der Waals surface area contributed by atoms with Gasteiger partial charge in [0.05, 0.1) is 12.7 Å². The molecule has 1 N–H and O–H groups in total. The Hall–Kier alpha value is -1.79. The number of urea groups is 1. The third-order valence-corrected chi connectivity index (χ3v) is 6.36. The van der Waals surface area contributed by atoms with Crippen molar-refractivity contribution in [1.82, 2.24) is 15.1 Å². The molecule has 0 saturated carbocycles. The second kappa shape index (κ2) is 9.61. The zero-order chi connectivity index (χ0) is 20.0. The molecule has 1 atom stereocenters. The van der Waals surface area contributed by atoms with Crippen molar-refractivity contribution < 1.29 is 14.3 Å². The van der Waals surface area contributed by atoms with Crippen LogP contribution < -0.4 is 10.1 Å². The quantitative estimate of drug-likeness (QED) is 0.811. The van der Waals surface area contributed by atoms with Gasteiger partial charge in [0.1, 0.15) is 5.75 Å². The highest BCUT2D eigenvalue weighted by atomic mass is 16.5. The van der Waals surface area contributed by atoms with Crippen LogP contribution in [0.4, 0.5) is 4.79 Å². The van der Waals surface area contributed by atoms with E-state index >= 15 is 0 Å². The van der Waals surface area contributed by atoms with E-state index in [2.05, 4.69) is 24.1 Å². The van der Waals surface area contributed by atoms with Crippen molar-refractivity contribution in [1.29, 1.82) is 0 Å². The molecule has 2 aliphatic rings. The number of hydrogen-bond donors (Lipinski definition) is 1. The minimum Gasteiger partial charge on any atom is -0.497 e. The lowest BCUT2D eigenvalue weighted by molar-refractivity contribution is -0.128. The van der Waals surface area contributed by atoms with Crippen LogP contribution in [0.2, 0.25) is 0 Å². The SMILES string of the molecule is CCN(CC)C1CCOC2(CCN(C(=O)NCc3ccc(OC)cc3)CC2)C1. The summed E-state index contributed by atoms with van der Waals surface area (Å²) in [6.45, 7) is 9.56. The van der Waals surface area contributed by atoms with Gasteiger partial charge in [0.25, 0.3) is 0 Å². The number of rotatable bonds is 6. The fraction of sp³-hybridized carbons (Fsp3) is 0.682. The highest BCUT2D eigenvalue weighted by molar-refractivity contribution is 5.74. The van der Waals surface area contributed by atoms with E-state index in [-0.39, 0.29) is 11.6 Å². The van der Waals surface area contributed by atoms with E-state index in [0.29, 0.717) is 12.6 Å². The number of ether oxygens (including phenoxy) is 2. The number of carbonyl (C=O) groups is 1. The molecule has 1 aromatic rings. The number of amides is 2. The van der Waals surface area contributed by atoms with Crippen molar-refractivity contribution in [2.75, 3.05) is 39.9 Å². The van der Waals surface area contributed by atoms with E-state index in [9.17, 15) is 4.79 Å². The molecule has 1 aromatic carbocycles. The van der Waals surface area contributed by atoms with Gasteiger partial charge in [-0.1, -0.05) is 26.0 Å². The number of hydrogen-bond acceptors (Lipinski definition) is 4. The highest BCUT2D eigenvalue weighted by Crippen LogP contribution is 2.36. The van der Waals surface area contributed by atoms with Crippen molar-refractivity contribution in [3.63, 3.8) is 0 Å². The predicted molar refractivity (Wildman–Crippen MR) is 111 cm³/mol. The maximum atomic E-state index is 12.6. The van der Waals surface area contributed by atoms with Crippen molar-refractivity contribution in [3.05, 3.63) is 29.8 Å². The first-order valence-corrected chi connectivity index (χ1v) is 10.6. The summed E-state index contributed by atoms with van der Waals surface area (Å²) in [5.41, 5.74) is 1.03. The fourth-order valence-corrected chi connectivity index (χ4v) is 4.55. The van der Waals surface area contributed by atoms with Gasteiger partial charge >= 0.3 is 6.03 Å².